The van der Waals surface area contributed by atoms with Gasteiger partial charge in [0.25, 0.3) is 0 Å². The second kappa shape index (κ2) is 5.37. The molecule has 6 nitrogen and oxygen atoms in total. The lowest BCUT2D eigenvalue weighted by molar-refractivity contribution is 0.713. The van der Waals surface area contributed by atoms with Gasteiger partial charge >= 0.3 is 0 Å². The molecule has 100 valence electrons. The van der Waals surface area contributed by atoms with Crippen molar-refractivity contribution < 1.29 is 0 Å². The van der Waals surface area contributed by atoms with Gasteiger partial charge in [-0.05, 0) is 26.7 Å². The summed E-state index contributed by atoms with van der Waals surface area (Å²) in [5.74, 6) is 2.15. The van der Waals surface area contributed by atoms with Gasteiger partial charge < -0.3 is 15.1 Å². The Morgan fingerprint density at radius 3 is 2.67 bits per heavy atom. The van der Waals surface area contributed by atoms with Crippen molar-refractivity contribution in [2.45, 2.75) is 32.7 Å². The van der Waals surface area contributed by atoms with E-state index in [4.69, 9.17) is 0 Å². The molecule has 0 spiro atoms. The Kier molecular flexibility index (Phi) is 3.84. The van der Waals surface area contributed by atoms with Crippen molar-refractivity contribution in [2.24, 2.45) is 0 Å². The van der Waals surface area contributed by atoms with Crippen LogP contribution < -0.4 is 15.1 Å². The standard InChI is InChI=1S/C12H22N6/c1-5-13-10-14-11(17(3)4)16-12(15-10)18-8-6-7-9(18)2/h9H,5-8H2,1-4H3,(H,13,14,15,16). The molecule has 1 fully saturated rings. The van der Waals surface area contributed by atoms with Gasteiger partial charge in [-0.3, -0.25) is 0 Å². The zero-order chi connectivity index (χ0) is 13.1. The normalized spacial score (nSPS) is 19.1. The van der Waals surface area contributed by atoms with Gasteiger partial charge in [-0.15, -0.1) is 0 Å². The van der Waals surface area contributed by atoms with Gasteiger partial charge in [0.2, 0.25) is 17.8 Å². The summed E-state index contributed by atoms with van der Waals surface area (Å²) in [6.07, 6.45) is 2.42. The van der Waals surface area contributed by atoms with Crippen LogP contribution in [-0.2, 0) is 0 Å². The van der Waals surface area contributed by atoms with Crippen LogP contribution in [0.25, 0.3) is 0 Å². The van der Waals surface area contributed by atoms with Gasteiger partial charge in [0.15, 0.2) is 0 Å². The molecular weight excluding hydrogens is 228 g/mol. The number of nitrogens with zero attached hydrogens (tertiary/aromatic N) is 5. The fraction of sp³-hybridized carbons (Fsp3) is 0.750. The van der Waals surface area contributed by atoms with E-state index in [1.54, 1.807) is 0 Å². The van der Waals surface area contributed by atoms with Gasteiger partial charge in [0, 0.05) is 33.2 Å². The van der Waals surface area contributed by atoms with Crippen LogP contribution in [0.5, 0.6) is 0 Å². The maximum Gasteiger partial charge on any atom is 0.232 e. The van der Waals surface area contributed by atoms with Crippen molar-refractivity contribution in [1.29, 1.82) is 0 Å². The predicted molar refractivity (Wildman–Crippen MR) is 74.4 cm³/mol. The van der Waals surface area contributed by atoms with Gasteiger partial charge in [0.05, 0.1) is 0 Å². The molecule has 18 heavy (non-hydrogen) atoms. The van der Waals surface area contributed by atoms with Crippen LogP contribution in [0, 0.1) is 0 Å². The van der Waals surface area contributed by atoms with E-state index in [0.717, 1.165) is 19.0 Å². The molecule has 6 heteroatoms. The molecule has 1 unspecified atom stereocenters. The highest BCUT2D eigenvalue weighted by molar-refractivity contribution is 5.45. The smallest absolute Gasteiger partial charge is 0.232 e. The first kappa shape index (κ1) is 12.9. The highest BCUT2D eigenvalue weighted by atomic mass is 15.4. The number of nitrogens with one attached hydrogen (secondary N) is 1. The Morgan fingerprint density at radius 2 is 2.11 bits per heavy atom. The fourth-order valence-electron chi connectivity index (χ4n) is 2.15. The molecule has 1 N–H and O–H groups in total. The molecule has 0 saturated carbocycles. The zero-order valence-corrected chi connectivity index (χ0v) is 11.6. The zero-order valence-electron chi connectivity index (χ0n) is 11.6. The van der Waals surface area contributed by atoms with E-state index >= 15 is 0 Å². The summed E-state index contributed by atoms with van der Waals surface area (Å²) in [4.78, 5) is 17.6. The Morgan fingerprint density at radius 1 is 1.33 bits per heavy atom. The van der Waals surface area contributed by atoms with Crippen LogP contribution in [0.4, 0.5) is 17.8 Å². The largest absolute Gasteiger partial charge is 0.354 e. The summed E-state index contributed by atoms with van der Waals surface area (Å²) in [5, 5.41) is 3.17. The lowest BCUT2D eigenvalue weighted by Gasteiger charge is -2.23. The Balaban J connectivity index is 2.33. The average molecular weight is 250 g/mol. The van der Waals surface area contributed by atoms with Crippen molar-refractivity contribution in [3.8, 4) is 0 Å². The van der Waals surface area contributed by atoms with Crippen LogP contribution in [0.3, 0.4) is 0 Å². The van der Waals surface area contributed by atoms with Crippen molar-refractivity contribution in [1.82, 2.24) is 15.0 Å². The van der Waals surface area contributed by atoms with E-state index in [0.29, 0.717) is 17.9 Å². The summed E-state index contributed by atoms with van der Waals surface area (Å²) < 4.78 is 0. The molecule has 1 aliphatic rings. The molecule has 0 bridgehead atoms. The Bertz CT molecular complexity index is 406. The Hall–Kier alpha value is -1.59. The quantitative estimate of drug-likeness (QED) is 0.870. The van der Waals surface area contributed by atoms with E-state index in [9.17, 15) is 0 Å². The number of anilines is 3. The highest BCUT2D eigenvalue weighted by Gasteiger charge is 2.24. The summed E-state index contributed by atoms with van der Waals surface area (Å²) in [7, 11) is 3.89. The number of hydrogen-bond acceptors (Lipinski definition) is 6. The minimum absolute atomic E-state index is 0.511. The summed E-state index contributed by atoms with van der Waals surface area (Å²) in [5.41, 5.74) is 0. The predicted octanol–water partition coefficient (Wildman–Crippen LogP) is 1.36. The highest BCUT2D eigenvalue weighted by Crippen LogP contribution is 2.23. The maximum absolute atomic E-state index is 4.54. The minimum atomic E-state index is 0.511. The fourth-order valence-corrected chi connectivity index (χ4v) is 2.15. The van der Waals surface area contributed by atoms with Gasteiger partial charge in [-0.2, -0.15) is 15.0 Å². The van der Waals surface area contributed by atoms with E-state index in [1.807, 2.05) is 25.9 Å². The molecular formula is C12H22N6. The van der Waals surface area contributed by atoms with Crippen LogP contribution in [-0.4, -0.2) is 48.2 Å². The molecule has 1 aromatic heterocycles. The average Bonchev–Trinajstić information content (AvgIpc) is 2.75. The lowest BCUT2D eigenvalue weighted by Crippen LogP contribution is -2.29. The monoisotopic (exact) mass is 250 g/mol. The third-order valence-corrected chi connectivity index (χ3v) is 3.16. The molecule has 0 amide bonds. The van der Waals surface area contributed by atoms with Crippen LogP contribution in [0.15, 0.2) is 0 Å². The number of hydrogen-bond donors (Lipinski definition) is 1. The molecule has 1 atom stereocenters. The van der Waals surface area contributed by atoms with Crippen LogP contribution >= 0.6 is 0 Å². The molecule has 2 rings (SSSR count). The van der Waals surface area contributed by atoms with Crippen LogP contribution in [0.1, 0.15) is 26.7 Å². The van der Waals surface area contributed by atoms with Crippen LogP contribution in [0.2, 0.25) is 0 Å². The van der Waals surface area contributed by atoms with Crippen molar-refractivity contribution in [2.75, 3.05) is 42.3 Å². The summed E-state index contributed by atoms with van der Waals surface area (Å²) in [6, 6.07) is 0.511. The molecule has 1 aromatic rings. The molecule has 1 saturated heterocycles. The summed E-state index contributed by atoms with van der Waals surface area (Å²) in [6.45, 7) is 6.10. The third-order valence-electron chi connectivity index (χ3n) is 3.16. The first-order valence-electron chi connectivity index (χ1n) is 6.55. The topological polar surface area (TPSA) is 57.2 Å². The Labute approximate surface area is 108 Å². The van der Waals surface area contributed by atoms with E-state index in [-0.39, 0.29) is 0 Å². The van der Waals surface area contributed by atoms with Gasteiger partial charge in [-0.1, -0.05) is 0 Å². The molecule has 2 heterocycles. The van der Waals surface area contributed by atoms with E-state index in [2.05, 4.69) is 32.1 Å². The minimum Gasteiger partial charge on any atom is -0.354 e. The third kappa shape index (κ3) is 2.63. The second-order valence-electron chi connectivity index (χ2n) is 4.87. The molecule has 0 aromatic carbocycles. The maximum atomic E-state index is 4.54. The van der Waals surface area contributed by atoms with E-state index in [1.165, 1.54) is 12.8 Å². The van der Waals surface area contributed by atoms with Gasteiger partial charge in [0.1, 0.15) is 0 Å². The second-order valence-corrected chi connectivity index (χ2v) is 4.87. The molecule has 0 radical (unpaired) electrons. The SMILES string of the molecule is CCNc1nc(N(C)C)nc(N2CCCC2C)n1. The number of rotatable bonds is 4. The first-order valence-corrected chi connectivity index (χ1v) is 6.55. The number of aromatic nitrogens is 3. The van der Waals surface area contributed by atoms with E-state index < -0.39 is 0 Å². The van der Waals surface area contributed by atoms with Crippen molar-refractivity contribution in [3.05, 3.63) is 0 Å². The molecule has 1 aliphatic heterocycles. The van der Waals surface area contributed by atoms with Crippen molar-refractivity contribution >= 4 is 17.8 Å². The summed E-state index contributed by atoms with van der Waals surface area (Å²) >= 11 is 0. The lowest BCUT2D eigenvalue weighted by atomic mass is 10.2. The van der Waals surface area contributed by atoms with Gasteiger partial charge in [-0.25, -0.2) is 0 Å². The van der Waals surface area contributed by atoms with Crippen molar-refractivity contribution in [3.63, 3.8) is 0 Å². The molecule has 0 aliphatic carbocycles. The first-order chi connectivity index (χ1) is 8.61.